The van der Waals surface area contributed by atoms with Gasteiger partial charge in [-0.1, -0.05) is 11.6 Å². The van der Waals surface area contributed by atoms with E-state index < -0.39 is 11.5 Å². The van der Waals surface area contributed by atoms with E-state index in [0.717, 1.165) is 0 Å². The number of carbonyl (C=O) groups is 1. The minimum Gasteiger partial charge on any atom is -0.465 e. The molecular formula is C8H8ClNO3. The molecule has 0 bridgehead atoms. The van der Waals surface area contributed by atoms with E-state index in [9.17, 15) is 9.59 Å². The van der Waals surface area contributed by atoms with E-state index in [1.54, 1.807) is 6.92 Å². The highest BCUT2D eigenvalue weighted by Gasteiger charge is 2.15. The number of methoxy groups -OCH3 is 1. The van der Waals surface area contributed by atoms with Crippen LogP contribution in [0.1, 0.15) is 16.1 Å². The number of H-pyrrole nitrogens is 1. The third kappa shape index (κ3) is 1.89. The summed E-state index contributed by atoms with van der Waals surface area (Å²) >= 11 is 5.69. The largest absolute Gasteiger partial charge is 0.465 e. The van der Waals surface area contributed by atoms with E-state index in [-0.39, 0.29) is 10.6 Å². The molecule has 0 atom stereocenters. The number of hydrogen-bond donors (Lipinski definition) is 1. The van der Waals surface area contributed by atoms with Gasteiger partial charge >= 0.3 is 5.97 Å². The standard InChI is InChI=1S/C8H8ClNO3/c1-4-3-5(9)6(7(11)10-4)8(12)13-2/h3H,1-2H3,(H,10,11). The van der Waals surface area contributed by atoms with Crippen LogP contribution in [-0.2, 0) is 4.74 Å². The predicted octanol–water partition coefficient (Wildman–Crippen LogP) is 1.12. The Morgan fingerprint density at radius 3 is 2.69 bits per heavy atom. The van der Waals surface area contributed by atoms with Crippen LogP contribution >= 0.6 is 11.6 Å². The fraction of sp³-hybridized carbons (Fsp3) is 0.250. The van der Waals surface area contributed by atoms with Gasteiger partial charge in [-0.3, -0.25) is 4.79 Å². The molecule has 1 heterocycles. The maximum absolute atomic E-state index is 11.2. The molecule has 0 spiro atoms. The Labute approximate surface area is 79.5 Å². The van der Waals surface area contributed by atoms with Crippen molar-refractivity contribution in [3.05, 3.63) is 32.7 Å². The molecule has 1 aromatic heterocycles. The van der Waals surface area contributed by atoms with Crippen LogP contribution in [0.5, 0.6) is 0 Å². The molecule has 0 aliphatic rings. The summed E-state index contributed by atoms with van der Waals surface area (Å²) in [6.07, 6.45) is 0. The molecule has 0 fully saturated rings. The molecule has 0 aliphatic heterocycles. The van der Waals surface area contributed by atoms with Crippen molar-refractivity contribution >= 4 is 17.6 Å². The maximum atomic E-state index is 11.2. The van der Waals surface area contributed by atoms with Gasteiger partial charge in [-0.25, -0.2) is 4.79 Å². The van der Waals surface area contributed by atoms with Crippen molar-refractivity contribution in [3.63, 3.8) is 0 Å². The number of aryl methyl sites for hydroxylation is 1. The van der Waals surface area contributed by atoms with Gasteiger partial charge in [0.25, 0.3) is 5.56 Å². The summed E-state index contributed by atoms with van der Waals surface area (Å²) in [4.78, 5) is 24.7. The number of halogens is 1. The summed E-state index contributed by atoms with van der Waals surface area (Å²) < 4.78 is 4.39. The molecular weight excluding hydrogens is 194 g/mol. The van der Waals surface area contributed by atoms with E-state index >= 15 is 0 Å². The van der Waals surface area contributed by atoms with Crippen LogP contribution in [-0.4, -0.2) is 18.1 Å². The first-order chi connectivity index (χ1) is 6.06. The minimum atomic E-state index is -0.730. The zero-order valence-corrected chi connectivity index (χ0v) is 7.94. The van der Waals surface area contributed by atoms with Gasteiger partial charge < -0.3 is 9.72 Å². The van der Waals surface area contributed by atoms with Crippen molar-refractivity contribution in [3.8, 4) is 0 Å². The van der Waals surface area contributed by atoms with Crippen LogP contribution in [0.2, 0.25) is 5.02 Å². The summed E-state index contributed by atoms with van der Waals surface area (Å²) in [5.41, 5.74) is -0.0886. The van der Waals surface area contributed by atoms with Gasteiger partial charge in [0.1, 0.15) is 5.56 Å². The second-order valence-corrected chi connectivity index (χ2v) is 2.90. The van der Waals surface area contributed by atoms with Crippen LogP contribution in [0, 0.1) is 6.92 Å². The molecule has 0 unspecified atom stereocenters. The molecule has 70 valence electrons. The lowest BCUT2D eigenvalue weighted by molar-refractivity contribution is 0.0599. The number of hydrogen-bond acceptors (Lipinski definition) is 3. The molecule has 4 nitrogen and oxygen atoms in total. The van der Waals surface area contributed by atoms with E-state index in [4.69, 9.17) is 11.6 Å². The normalized spacial score (nSPS) is 9.77. The fourth-order valence-electron chi connectivity index (χ4n) is 0.941. The monoisotopic (exact) mass is 201 g/mol. The Morgan fingerprint density at radius 2 is 2.23 bits per heavy atom. The van der Waals surface area contributed by atoms with Gasteiger partial charge in [0.15, 0.2) is 0 Å². The van der Waals surface area contributed by atoms with Gasteiger partial charge in [0.05, 0.1) is 12.1 Å². The van der Waals surface area contributed by atoms with Crippen molar-refractivity contribution in [1.29, 1.82) is 0 Å². The van der Waals surface area contributed by atoms with Gasteiger partial charge in [0, 0.05) is 5.69 Å². The van der Waals surface area contributed by atoms with Crippen molar-refractivity contribution in [1.82, 2.24) is 4.98 Å². The van der Waals surface area contributed by atoms with Crippen molar-refractivity contribution in [2.24, 2.45) is 0 Å². The summed E-state index contributed by atoms with van der Waals surface area (Å²) in [6, 6.07) is 1.50. The number of esters is 1. The number of rotatable bonds is 1. The molecule has 0 aliphatic carbocycles. The Balaban J connectivity index is 3.38. The topological polar surface area (TPSA) is 59.2 Å². The van der Waals surface area contributed by atoms with E-state index in [2.05, 4.69) is 9.72 Å². The Hall–Kier alpha value is -1.29. The molecule has 5 heteroatoms. The predicted molar refractivity (Wildman–Crippen MR) is 48.1 cm³/mol. The fourth-order valence-corrected chi connectivity index (χ4v) is 1.27. The molecule has 0 radical (unpaired) electrons. The average molecular weight is 202 g/mol. The third-order valence-electron chi connectivity index (χ3n) is 1.51. The van der Waals surface area contributed by atoms with E-state index in [0.29, 0.717) is 5.69 Å². The van der Waals surface area contributed by atoms with Crippen LogP contribution in [0.3, 0.4) is 0 Å². The highest BCUT2D eigenvalue weighted by atomic mass is 35.5. The van der Waals surface area contributed by atoms with Crippen molar-refractivity contribution < 1.29 is 9.53 Å². The maximum Gasteiger partial charge on any atom is 0.345 e. The van der Waals surface area contributed by atoms with Crippen LogP contribution in [0.25, 0.3) is 0 Å². The number of aromatic amines is 1. The minimum absolute atomic E-state index is 0.105. The molecule has 0 saturated heterocycles. The zero-order chi connectivity index (χ0) is 10.0. The second kappa shape index (κ2) is 3.62. The Bertz CT molecular complexity index is 397. The molecule has 1 N–H and O–H groups in total. The van der Waals surface area contributed by atoms with Gasteiger partial charge in [-0.15, -0.1) is 0 Å². The molecule has 1 rings (SSSR count). The summed E-state index contributed by atoms with van der Waals surface area (Å²) in [7, 11) is 1.19. The summed E-state index contributed by atoms with van der Waals surface area (Å²) in [5, 5.41) is 0.105. The van der Waals surface area contributed by atoms with Gasteiger partial charge in [0.2, 0.25) is 0 Å². The van der Waals surface area contributed by atoms with Crippen LogP contribution in [0.4, 0.5) is 0 Å². The summed E-state index contributed by atoms with van der Waals surface area (Å²) in [6.45, 7) is 1.67. The van der Waals surface area contributed by atoms with Crippen LogP contribution < -0.4 is 5.56 Å². The quantitative estimate of drug-likeness (QED) is 0.693. The number of carbonyl (C=O) groups excluding carboxylic acids is 1. The number of nitrogens with one attached hydrogen (secondary N) is 1. The first-order valence-corrected chi connectivity index (χ1v) is 3.91. The van der Waals surface area contributed by atoms with Crippen LogP contribution in [0.15, 0.2) is 10.9 Å². The van der Waals surface area contributed by atoms with Gasteiger partial charge in [-0.2, -0.15) is 0 Å². The smallest absolute Gasteiger partial charge is 0.345 e. The first kappa shape index (κ1) is 9.80. The Kier molecular flexibility index (Phi) is 2.72. The molecule has 1 aromatic rings. The molecule has 0 amide bonds. The van der Waals surface area contributed by atoms with Gasteiger partial charge in [-0.05, 0) is 13.0 Å². The lowest BCUT2D eigenvalue weighted by Gasteiger charge is -2.01. The van der Waals surface area contributed by atoms with Crippen molar-refractivity contribution in [2.45, 2.75) is 6.92 Å². The molecule has 0 aromatic carbocycles. The summed E-state index contributed by atoms with van der Waals surface area (Å²) in [5.74, 6) is -0.730. The van der Waals surface area contributed by atoms with E-state index in [1.165, 1.54) is 13.2 Å². The highest BCUT2D eigenvalue weighted by molar-refractivity contribution is 6.33. The number of pyridine rings is 1. The Morgan fingerprint density at radius 1 is 1.62 bits per heavy atom. The SMILES string of the molecule is COC(=O)c1c(Cl)cc(C)[nH]c1=O. The second-order valence-electron chi connectivity index (χ2n) is 2.50. The molecule has 0 saturated carbocycles. The third-order valence-corrected chi connectivity index (χ3v) is 1.81. The first-order valence-electron chi connectivity index (χ1n) is 3.54. The van der Waals surface area contributed by atoms with Crippen molar-refractivity contribution in [2.75, 3.05) is 7.11 Å². The number of ether oxygens (including phenoxy) is 1. The average Bonchev–Trinajstić information content (AvgIpc) is 2.02. The highest BCUT2D eigenvalue weighted by Crippen LogP contribution is 2.12. The van der Waals surface area contributed by atoms with E-state index in [1.807, 2.05) is 0 Å². The molecule has 13 heavy (non-hydrogen) atoms. The lowest BCUT2D eigenvalue weighted by atomic mass is 10.2. The number of aromatic nitrogens is 1. The lowest BCUT2D eigenvalue weighted by Crippen LogP contribution is -2.20. The zero-order valence-electron chi connectivity index (χ0n) is 7.18.